The summed E-state index contributed by atoms with van der Waals surface area (Å²) in [6, 6.07) is 0. The Morgan fingerprint density at radius 2 is 1.65 bits per heavy atom. The van der Waals surface area contributed by atoms with Crippen molar-refractivity contribution in [1.82, 2.24) is 9.78 Å². The van der Waals surface area contributed by atoms with Crippen molar-refractivity contribution in [3.05, 3.63) is 51.6 Å². The quantitative estimate of drug-likeness (QED) is 0.304. The highest BCUT2D eigenvalue weighted by atomic mass is 19.2. The lowest BCUT2D eigenvalue weighted by Gasteiger charge is -2.09. The van der Waals surface area contributed by atoms with Gasteiger partial charge >= 0.3 is 5.69 Å². The van der Waals surface area contributed by atoms with Crippen molar-refractivity contribution in [2.24, 2.45) is 0 Å². The molecule has 1 aromatic carbocycles. The molecule has 1 heterocycles. The molecule has 0 spiro atoms. The maximum atomic E-state index is 13.4. The summed E-state index contributed by atoms with van der Waals surface area (Å²) in [5.41, 5.74) is -1.97. The summed E-state index contributed by atoms with van der Waals surface area (Å²) >= 11 is 0. The molecule has 0 aliphatic rings. The second-order valence-corrected chi connectivity index (χ2v) is 4.15. The first-order valence-corrected chi connectivity index (χ1v) is 5.70. The Kier molecular flexibility index (Phi) is 4.24. The molecule has 0 radical (unpaired) electrons. The molecule has 0 aliphatic carbocycles. The Hall–Kier alpha value is -3.05. The molecule has 0 bridgehead atoms. The van der Waals surface area contributed by atoms with Crippen molar-refractivity contribution in [2.75, 3.05) is 5.32 Å². The van der Waals surface area contributed by atoms with Gasteiger partial charge < -0.3 is 5.32 Å². The molecule has 2 rings (SSSR count). The lowest BCUT2D eigenvalue weighted by atomic mass is 10.2. The van der Waals surface area contributed by atoms with Gasteiger partial charge in [-0.05, 0) is 0 Å². The summed E-state index contributed by atoms with van der Waals surface area (Å²) in [4.78, 5) is 21.2. The molecular weight excluding hydrogens is 331 g/mol. The molecular formula is C11H5F5N4O3. The summed E-state index contributed by atoms with van der Waals surface area (Å²) in [5.74, 6) is -12.4. The Labute approximate surface area is 123 Å². The van der Waals surface area contributed by atoms with Crippen LogP contribution in [-0.4, -0.2) is 20.6 Å². The fourth-order valence-corrected chi connectivity index (χ4v) is 1.57. The maximum absolute atomic E-state index is 13.4. The third-order valence-corrected chi connectivity index (χ3v) is 2.61. The number of nitro groups is 1. The number of carbonyl (C=O) groups is 1. The first-order valence-electron chi connectivity index (χ1n) is 5.70. The summed E-state index contributed by atoms with van der Waals surface area (Å²) < 4.78 is 66.3. The summed E-state index contributed by atoms with van der Waals surface area (Å²) in [6.45, 7) is -0.743. The van der Waals surface area contributed by atoms with Gasteiger partial charge in [-0.2, -0.15) is 5.10 Å². The highest BCUT2D eigenvalue weighted by molar-refractivity contribution is 5.90. The fraction of sp³-hybridized carbons (Fsp3) is 0.0909. The number of hydrogen-bond donors (Lipinski definition) is 1. The Balaban J connectivity index is 2.22. The standard InChI is InChI=1S/C11H5F5N4O3/c12-6-7(13)9(15)11(10(16)8(6)14)18-5(21)3-19-2-4(1-17-19)20(22)23/h1-2H,3H2,(H,18,21). The topological polar surface area (TPSA) is 90.1 Å². The molecule has 0 saturated heterocycles. The lowest BCUT2D eigenvalue weighted by Crippen LogP contribution is -2.21. The van der Waals surface area contributed by atoms with E-state index >= 15 is 0 Å². The van der Waals surface area contributed by atoms with Gasteiger partial charge in [0.2, 0.25) is 11.7 Å². The SMILES string of the molecule is O=C(Cn1cc([N+](=O)[O-])cn1)Nc1c(F)c(F)c(F)c(F)c1F. The Morgan fingerprint density at radius 1 is 1.13 bits per heavy atom. The van der Waals surface area contributed by atoms with E-state index in [-0.39, 0.29) is 0 Å². The van der Waals surface area contributed by atoms with Crippen LogP contribution in [0.3, 0.4) is 0 Å². The van der Waals surface area contributed by atoms with Crippen LogP contribution in [0, 0.1) is 39.2 Å². The van der Waals surface area contributed by atoms with Crippen molar-refractivity contribution in [3.8, 4) is 0 Å². The van der Waals surface area contributed by atoms with Crippen LogP contribution in [0.2, 0.25) is 0 Å². The van der Waals surface area contributed by atoms with E-state index in [1.54, 1.807) is 0 Å². The van der Waals surface area contributed by atoms with E-state index < -0.39 is 57.8 Å². The average molecular weight is 336 g/mol. The van der Waals surface area contributed by atoms with Gasteiger partial charge in [0, 0.05) is 0 Å². The highest BCUT2D eigenvalue weighted by Crippen LogP contribution is 2.27. The molecule has 1 amide bonds. The van der Waals surface area contributed by atoms with Crippen LogP contribution >= 0.6 is 0 Å². The fourth-order valence-electron chi connectivity index (χ4n) is 1.57. The molecule has 2 aromatic rings. The van der Waals surface area contributed by atoms with Crippen LogP contribution in [-0.2, 0) is 11.3 Å². The Bertz CT molecular complexity index is 778. The van der Waals surface area contributed by atoms with Gasteiger partial charge in [0.05, 0.1) is 4.92 Å². The van der Waals surface area contributed by atoms with Gasteiger partial charge in [-0.1, -0.05) is 0 Å². The van der Waals surface area contributed by atoms with Gasteiger partial charge in [-0.15, -0.1) is 0 Å². The van der Waals surface area contributed by atoms with Gasteiger partial charge in [0.1, 0.15) is 24.6 Å². The third-order valence-electron chi connectivity index (χ3n) is 2.61. The number of nitrogens with zero attached hydrogens (tertiary/aromatic N) is 3. The molecule has 1 aromatic heterocycles. The number of rotatable bonds is 4. The molecule has 0 aliphatic heterocycles. The second-order valence-electron chi connectivity index (χ2n) is 4.15. The van der Waals surface area contributed by atoms with E-state index in [1.807, 2.05) is 0 Å². The van der Waals surface area contributed by atoms with E-state index in [0.717, 1.165) is 17.1 Å². The van der Waals surface area contributed by atoms with E-state index in [0.29, 0.717) is 0 Å². The predicted molar refractivity (Wildman–Crippen MR) is 63.7 cm³/mol. The van der Waals surface area contributed by atoms with Crippen molar-refractivity contribution in [1.29, 1.82) is 0 Å². The van der Waals surface area contributed by atoms with Crippen LogP contribution in [0.15, 0.2) is 12.4 Å². The van der Waals surface area contributed by atoms with Crippen LogP contribution in [0.1, 0.15) is 0 Å². The van der Waals surface area contributed by atoms with Crippen LogP contribution < -0.4 is 5.32 Å². The molecule has 0 unspecified atom stereocenters. The van der Waals surface area contributed by atoms with E-state index in [4.69, 9.17) is 0 Å². The second kappa shape index (κ2) is 5.98. The highest BCUT2D eigenvalue weighted by Gasteiger charge is 2.27. The number of amides is 1. The van der Waals surface area contributed by atoms with Gasteiger partial charge in [0.25, 0.3) is 0 Å². The van der Waals surface area contributed by atoms with Crippen LogP contribution in [0.5, 0.6) is 0 Å². The van der Waals surface area contributed by atoms with Crippen molar-refractivity contribution < 1.29 is 31.7 Å². The normalized spacial score (nSPS) is 10.7. The van der Waals surface area contributed by atoms with Crippen molar-refractivity contribution in [2.45, 2.75) is 6.54 Å². The molecule has 122 valence electrons. The third kappa shape index (κ3) is 3.09. The molecule has 0 fully saturated rings. The minimum absolute atomic E-state index is 0.450. The lowest BCUT2D eigenvalue weighted by molar-refractivity contribution is -0.385. The first kappa shape index (κ1) is 16.3. The number of carbonyl (C=O) groups excluding carboxylic acids is 1. The summed E-state index contributed by atoms with van der Waals surface area (Å²) in [7, 11) is 0. The predicted octanol–water partition coefficient (Wildman–Crippen LogP) is 2.13. The molecule has 0 saturated carbocycles. The van der Waals surface area contributed by atoms with Gasteiger partial charge in [0.15, 0.2) is 23.3 Å². The van der Waals surface area contributed by atoms with Crippen molar-refractivity contribution >= 4 is 17.3 Å². The molecule has 23 heavy (non-hydrogen) atoms. The summed E-state index contributed by atoms with van der Waals surface area (Å²) in [5, 5.41) is 15.4. The zero-order chi connectivity index (χ0) is 17.3. The number of benzene rings is 1. The Morgan fingerprint density at radius 3 is 2.13 bits per heavy atom. The number of halogens is 5. The number of anilines is 1. The maximum Gasteiger partial charge on any atom is 0.307 e. The largest absolute Gasteiger partial charge is 0.319 e. The zero-order valence-electron chi connectivity index (χ0n) is 10.8. The number of aromatic nitrogens is 2. The van der Waals surface area contributed by atoms with Gasteiger partial charge in [-0.3, -0.25) is 19.6 Å². The van der Waals surface area contributed by atoms with E-state index in [1.165, 1.54) is 5.32 Å². The minimum Gasteiger partial charge on any atom is -0.319 e. The van der Waals surface area contributed by atoms with E-state index in [9.17, 15) is 36.9 Å². The minimum atomic E-state index is -2.36. The smallest absolute Gasteiger partial charge is 0.307 e. The number of nitrogens with one attached hydrogen (secondary N) is 1. The van der Waals surface area contributed by atoms with Crippen LogP contribution in [0.25, 0.3) is 0 Å². The van der Waals surface area contributed by atoms with E-state index in [2.05, 4.69) is 5.10 Å². The molecule has 0 atom stereocenters. The molecule has 7 nitrogen and oxygen atoms in total. The monoisotopic (exact) mass is 336 g/mol. The number of hydrogen-bond acceptors (Lipinski definition) is 4. The van der Waals surface area contributed by atoms with Gasteiger partial charge in [-0.25, -0.2) is 22.0 Å². The molecule has 12 heteroatoms. The summed E-state index contributed by atoms with van der Waals surface area (Å²) in [6.07, 6.45) is 1.66. The first-order chi connectivity index (χ1) is 10.7. The van der Waals surface area contributed by atoms with Crippen LogP contribution in [0.4, 0.5) is 33.3 Å². The van der Waals surface area contributed by atoms with Crippen molar-refractivity contribution in [3.63, 3.8) is 0 Å². The average Bonchev–Trinajstić information content (AvgIpc) is 2.96. The molecule has 1 N–H and O–H groups in total. The zero-order valence-corrected chi connectivity index (χ0v) is 10.8.